The lowest BCUT2D eigenvalue weighted by Gasteiger charge is -2.29. The number of hydrogen-bond donors (Lipinski definition) is 2. The van der Waals surface area contributed by atoms with Gasteiger partial charge in [-0.25, -0.2) is 0 Å². The lowest BCUT2D eigenvalue weighted by Crippen LogP contribution is -2.49. The van der Waals surface area contributed by atoms with Gasteiger partial charge in [0.15, 0.2) is 0 Å². The number of benzene rings is 2. The predicted octanol–water partition coefficient (Wildman–Crippen LogP) is 5.17. The summed E-state index contributed by atoms with van der Waals surface area (Å²) in [5, 5.41) is 7.78. The van der Waals surface area contributed by atoms with Crippen molar-refractivity contribution in [1.29, 1.82) is 0 Å². The Morgan fingerprint density at radius 1 is 1.17 bits per heavy atom. The molecule has 2 N–H and O–H groups in total. The molecular weight excluding hydrogens is 423 g/mol. The largest absolute Gasteiger partial charge is 0.469 e. The summed E-state index contributed by atoms with van der Waals surface area (Å²) >= 11 is 11.6. The van der Waals surface area contributed by atoms with Gasteiger partial charge < -0.3 is 10.1 Å². The number of halogens is 2. The molecule has 0 unspecified atom stereocenters. The molecule has 0 spiro atoms. The second-order valence-electron chi connectivity index (χ2n) is 7.60. The number of anilines is 1. The Morgan fingerprint density at radius 2 is 1.90 bits per heavy atom. The van der Waals surface area contributed by atoms with Crippen LogP contribution in [0.25, 0.3) is 0 Å². The van der Waals surface area contributed by atoms with Gasteiger partial charge in [-0.3, -0.25) is 14.9 Å². The van der Waals surface area contributed by atoms with E-state index >= 15 is 0 Å². The van der Waals surface area contributed by atoms with Crippen molar-refractivity contribution in [3.63, 3.8) is 0 Å². The molecule has 1 saturated carbocycles. The van der Waals surface area contributed by atoms with E-state index in [2.05, 4.69) is 10.6 Å². The molecule has 160 valence electrons. The molecule has 0 saturated heterocycles. The van der Waals surface area contributed by atoms with Gasteiger partial charge in [-0.15, -0.1) is 0 Å². The monoisotopic (exact) mass is 448 g/mol. The number of ether oxygens (including phenoxy) is 1. The first-order valence-corrected chi connectivity index (χ1v) is 10.8. The van der Waals surface area contributed by atoms with E-state index in [0.717, 1.165) is 22.8 Å². The Hall–Kier alpha value is -2.08. The predicted molar refractivity (Wildman–Crippen MR) is 120 cm³/mol. The lowest BCUT2D eigenvalue weighted by atomic mass is 9.85. The highest BCUT2D eigenvalue weighted by Crippen LogP contribution is 2.41. The smallest absolute Gasteiger partial charge is 0.305 e. The van der Waals surface area contributed by atoms with E-state index in [-0.39, 0.29) is 11.9 Å². The van der Waals surface area contributed by atoms with E-state index in [0.29, 0.717) is 30.2 Å². The molecule has 1 heterocycles. The number of carbonyl (C=O) groups is 2. The number of hydrogen-bond acceptors (Lipinski definition) is 4. The molecule has 1 amide bonds. The third kappa shape index (κ3) is 5.75. The van der Waals surface area contributed by atoms with Crippen molar-refractivity contribution in [3.8, 4) is 0 Å². The number of esters is 1. The summed E-state index contributed by atoms with van der Waals surface area (Å²) in [6.07, 6.45) is 3.86. The molecule has 5 nitrogen and oxygen atoms in total. The number of carbonyl (C=O) groups excluding carboxylic acids is 2. The van der Waals surface area contributed by atoms with Crippen LogP contribution in [0.2, 0.25) is 10.0 Å². The number of rotatable bonds is 7. The fourth-order valence-electron chi connectivity index (χ4n) is 3.51. The van der Waals surface area contributed by atoms with Crippen LogP contribution in [0, 0.1) is 5.92 Å². The minimum Gasteiger partial charge on any atom is -0.469 e. The van der Waals surface area contributed by atoms with Crippen molar-refractivity contribution in [1.82, 2.24) is 5.32 Å². The summed E-state index contributed by atoms with van der Waals surface area (Å²) < 4.78 is 4.69. The number of methoxy groups -OCH3 is 1. The Bertz CT molecular complexity index is 887. The molecule has 4 rings (SSSR count). The number of amides is 1. The van der Waals surface area contributed by atoms with E-state index in [1.54, 1.807) is 12.1 Å². The molecule has 2 aromatic rings. The standard InChI is InChI=1S/C17H21ClN2O3.C6H5Cl/c1-23-15(21)3-2-8-17(19-10-11-4-5-11)13-7-6-12(18)9-14(13)20-16(17)22;7-6-4-2-1-3-5-6/h6-7,9,11,19H,2-5,8,10H2,1H3,(H,20,22);1-5H/t17-;/m0./s1. The summed E-state index contributed by atoms with van der Waals surface area (Å²) in [6.45, 7) is 0.813. The molecule has 1 aliphatic heterocycles. The maximum atomic E-state index is 12.7. The molecule has 1 aliphatic carbocycles. The van der Waals surface area contributed by atoms with E-state index < -0.39 is 5.54 Å². The zero-order valence-corrected chi connectivity index (χ0v) is 18.4. The van der Waals surface area contributed by atoms with Gasteiger partial charge in [-0.05, 0) is 62.4 Å². The molecule has 2 aromatic carbocycles. The van der Waals surface area contributed by atoms with E-state index in [1.807, 2.05) is 36.4 Å². The topological polar surface area (TPSA) is 67.4 Å². The van der Waals surface area contributed by atoms with E-state index in [4.69, 9.17) is 27.9 Å². The molecule has 30 heavy (non-hydrogen) atoms. The van der Waals surface area contributed by atoms with Crippen LogP contribution in [0.3, 0.4) is 0 Å². The zero-order valence-electron chi connectivity index (χ0n) is 16.9. The van der Waals surface area contributed by atoms with Gasteiger partial charge in [-0.1, -0.05) is 47.5 Å². The highest BCUT2D eigenvalue weighted by Gasteiger charge is 2.46. The third-order valence-electron chi connectivity index (χ3n) is 5.36. The first kappa shape index (κ1) is 22.6. The Morgan fingerprint density at radius 3 is 2.50 bits per heavy atom. The maximum absolute atomic E-state index is 12.7. The van der Waals surface area contributed by atoms with Crippen molar-refractivity contribution in [2.24, 2.45) is 5.92 Å². The molecule has 0 radical (unpaired) electrons. The first-order valence-electron chi connectivity index (χ1n) is 10.1. The minimum atomic E-state index is -0.781. The highest BCUT2D eigenvalue weighted by molar-refractivity contribution is 6.31. The summed E-state index contributed by atoms with van der Waals surface area (Å²) in [4.78, 5) is 24.1. The summed E-state index contributed by atoms with van der Waals surface area (Å²) in [5.74, 6) is 0.328. The summed E-state index contributed by atoms with van der Waals surface area (Å²) in [6, 6.07) is 14.9. The third-order valence-corrected chi connectivity index (χ3v) is 5.85. The maximum Gasteiger partial charge on any atom is 0.305 e. The van der Waals surface area contributed by atoms with Gasteiger partial charge in [0.05, 0.1) is 7.11 Å². The second-order valence-corrected chi connectivity index (χ2v) is 8.47. The molecule has 2 aliphatic rings. The van der Waals surface area contributed by atoms with Gasteiger partial charge >= 0.3 is 5.97 Å². The van der Waals surface area contributed by atoms with Crippen molar-refractivity contribution in [2.45, 2.75) is 37.6 Å². The molecular formula is C23H26Cl2N2O3. The van der Waals surface area contributed by atoms with Crippen LogP contribution in [-0.2, 0) is 19.9 Å². The van der Waals surface area contributed by atoms with Gasteiger partial charge in [0.2, 0.25) is 5.91 Å². The van der Waals surface area contributed by atoms with Gasteiger partial charge in [0, 0.05) is 27.7 Å². The average molecular weight is 449 g/mol. The number of nitrogens with one attached hydrogen (secondary N) is 2. The van der Waals surface area contributed by atoms with Crippen molar-refractivity contribution in [2.75, 3.05) is 19.0 Å². The fraction of sp³-hybridized carbons (Fsp3) is 0.391. The Labute approximate surface area is 187 Å². The summed E-state index contributed by atoms with van der Waals surface area (Å²) in [5.41, 5.74) is 0.887. The van der Waals surface area contributed by atoms with Gasteiger partial charge in [0.25, 0.3) is 0 Å². The SMILES string of the molecule is COC(=O)CCC[C@@]1(NCC2CC2)C(=O)Nc2cc(Cl)ccc21.Clc1ccccc1. The van der Waals surface area contributed by atoms with E-state index in [9.17, 15) is 9.59 Å². The normalized spacial score (nSPS) is 19.4. The van der Waals surface area contributed by atoms with Crippen LogP contribution < -0.4 is 10.6 Å². The van der Waals surface area contributed by atoms with Gasteiger partial charge in [0.1, 0.15) is 5.54 Å². The molecule has 0 bridgehead atoms. The fourth-order valence-corrected chi connectivity index (χ4v) is 3.83. The van der Waals surface area contributed by atoms with Crippen LogP contribution in [-0.4, -0.2) is 25.5 Å². The van der Waals surface area contributed by atoms with Crippen LogP contribution in [0.5, 0.6) is 0 Å². The molecule has 1 fully saturated rings. The first-order chi connectivity index (χ1) is 14.4. The number of fused-ring (bicyclic) bond motifs is 1. The van der Waals surface area contributed by atoms with Crippen LogP contribution in [0.1, 0.15) is 37.7 Å². The average Bonchev–Trinajstić information content (AvgIpc) is 3.52. The van der Waals surface area contributed by atoms with E-state index in [1.165, 1.54) is 20.0 Å². The van der Waals surface area contributed by atoms with Crippen LogP contribution in [0.4, 0.5) is 5.69 Å². The van der Waals surface area contributed by atoms with Crippen LogP contribution >= 0.6 is 23.2 Å². The quantitative estimate of drug-likeness (QED) is 0.573. The second kappa shape index (κ2) is 10.3. The Kier molecular flexibility index (Phi) is 7.75. The van der Waals surface area contributed by atoms with Crippen molar-refractivity contribution < 1.29 is 14.3 Å². The molecule has 7 heteroatoms. The van der Waals surface area contributed by atoms with Crippen molar-refractivity contribution >= 4 is 40.8 Å². The summed E-state index contributed by atoms with van der Waals surface area (Å²) in [7, 11) is 1.38. The molecule has 0 aromatic heterocycles. The Balaban J connectivity index is 0.000000310. The zero-order chi connectivity index (χ0) is 21.6. The van der Waals surface area contributed by atoms with Gasteiger partial charge in [-0.2, -0.15) is 0 Å². The lowest BCUT2D eigenvalue weighted by molar-refractivity contribution is -0.141. The van der Waals surface area contributed by atoms with Crippen molar-refractivity contribution in [3.05, 3.63) is 64.1 Å². The molecule has 1 atom stereocenters. The van der Waals surface area contributed by atoms with Crippen LogP contribution in [0.15, 0.2) is 48.5 Å². The highest BCUT2D eigenvalue weighted by atomic mass is 35.5. The minimum absolute atomic E-state index is 0.0692.